The van der Waals surface area contributed by atoms with Gasteiger partial charge in [-0.3, -0.25) is 15.0 Å². The van der Waals surface area contributed by atoms with Gasteiger partial charge in [0.15, 0.2) is 0 Å². The first-order valence-electron chi connectivity index (χ1n) is 11.5. The van der Waals surface area contributed by atoms with E-state index >= 15 is 0 Å². The van der Waals surface area contributed by atoms with Crippen LogP contribution in [0.15, 0.2) is 42.5 Å². The van der Waals surface area contributed by atoms with E-state index in [1.165, 1.54) is 31.2 Å². The van der Waals surface area contributed by atoms with E-state index in [2.05, 4.69) is 10.6 Å². The van der Waals surface area contributed by atoms with E-state index in [4.69, 9.17) is 20.6 Å². The molecule has 2 amide bonds. The molecule has 11 heteroatoms. The second kappa shape index (κ2) is 11.9. The summed E-state index contributed by atoms with van der Waals surface area (Å²) >= 11 is 0. The molecule has 2 atom stereocenters. The average molecular weight is 507 g/mol. The van der Waals surface area contributed by atoms with Crippen LogP contribution in [0.5, 0.6) is 5.75 Å². The standard InChI is InChI=1S/C25H29F3N4O4/c1-15(31-22(33)13-23(34)32-18-8-5-16(6-9-18)24(29)30)17-7-10-21(20(12-17)25(26,27)28)36-14-19-4-2-3-11-35-19/h5-10,12,15,19H,2-4,11,13-14H2,1H3,(H3,29,30)(H,31,33)(H,32,34). The van der Waals surface area contributed by atoms with Crippen LogP contribution in [0.2, 0.25) is 0 Å². The molecular weight excluding hydrogens is 477 g/mol. The molecule has 2 aromatic rings. The second-order valence-corrected chi connectivity index (χ2v) is 8.56. The fraction of sp³-hybridized carbons (Fsp3) is 0.400. The molecule has 1 heterocycles. The Morgan fingerprint density at radius 1 is 1.17 bits per heavy atom. The molecule has 1 fully saturated rings. The quantitative estimate of drug-likeness (QED) is 0.231. The van der Waals surface area contributed by atoms with Gasteiger partial charge in [-0.2, -0.15) is 13.2 Å². The lowest BCUT2D eigenvalue weighted by molar-refractivity contribution is -0.139. The van der Waals surface area contributed by atoms with Gasteiger partial charge in [-0.1, -0.05) is 6.07 Å². The van der Waals surface area contributed by atoms with Crippen molar-refractivity contribution in [1.82, 2.24) is 5.32 Å². The summed E-state index contributed by atoms with van der Waals surface area (Å²) in [6.07, 6.45) is -2.80. The maximum Gasteiger partial charge on any atom is 0.419 e. The molecule has 2 aromatic carbocycles. The van der Waals surface area contributed by atoms with Gasteiger partial charge < -0.3 is 25.8 Å². The lowest BCUT2D eigenvalue weighted by Crippen LogP contribution is -2.30. The van der Waals surface area contributed by atoms with E-state index in [-0.39, 0.29) is 29.9 Å². The van der Waals surface area contributed by atoms with Crippen molar-refractivity contribution in [2.24, 2.45) is 5.73 Å². The lowest BCUT2D eigenvalue weighted by atomic mass is 10.0. The molecule has 0 radical (unpaired) electrons. The SMILES string of the molecule is CC(NC(=O)CC(=O)Nc1ccc(C(=N)N)cc1)c1ccc(OCC2CCCCO2)c(C(F)(F)F)c1. The van der Waals surface area contributed by atoms with Crippen molar-refractivity contribution in [3.8, 4) is 5.75 Å². The molecular formula is C25H29F3N4O4. The van der Waals surface area contributed by atoms with Crippen molar-refractivity contribution in [1.29, 1.82) is 5.41 Å². The maximum atomic E-state index is 13.7. The van der Waals surface area contributed by atoms with Crippen LogP contribution in [-0.4, -0.2) is 37.0 Å². The van der Waals surface area contributed by atoms with Gasteiger partial charge in [0.25, 0.3) is 0 Å². The molecule has 1 aliphatic heterocycles. The summed E-state index contributed by atoms with van der Waals surface area (Å²) in [7, 11) is 0. The van der Waals surface area contributed by atoms with Crippen molar-refractivity contribution >= 4 is 23.3 Å². The number of nitrogens with two attached hydrogens (primary N) is 1. The first-order valence-corrected chi connectivity index (χ1v) is 11.5. The van der Waals surface area contributed by atoms with Gasteiger partial charge in [0, 0.05) is 17.9 Å². The van der Waals surface area contributed by atoms with Crippen molar-refractivity contribution in [2.45, 2.75) is 50.9 Å². The van der Waals surface area contributed by atoms with E-state index in [1.807, 2.05) is 0 Å². The summed E-state index contributed by atoms with van der Waals surface area (Å²) < 4.78 is 52.1. The van der Waals surface area contributed by atoms with E-state index in [0.29, 0.717) is 17.9 Å². The molecule has 0 aromatic heterocycles. The zero-order chi connectivity index (χ0) is 26.3. The van der Waals surface area contributed by atoms with Gasteiger partial charge in [-0.25, -0.2) is 0 Å². The number of ether oxygens (including phenoxy) is 2. The predicted molar refractivity (Wildman–Crippen MR) is 128 cm³/mol. The third kappa shape index (κ3) is 7.70. The number of nitrogen functional groups attached to an aromatic ring is 1. The van der Waals surface area contributed by atoms with Crippen LogP contribution in [0, 0.1) is 5.41 Å². The number of anilines is 1. The van der Waals surface area contributed by atoms with Crippen molar-refractivity contribution < 1.29 is 32.2 Å². The summed E-state index contributed by atoms with van der Waals surface area (Å²) in [6.45, 7) is 2.13. The average Bonchev–Trinajstić information content (AvgIpc) is 2.82. The zero-order valence-corrected chi connectivity index (χ0v) is 19.8. The number of rotatable bonds is 9. The normalized spacial score (nSPS) is 16.6. The summed E-state index contributed by atoms with van der Waals surface area (Å²) in [5, 5.41) is 12.5. The number of alkyl halides is 3. The number of halogens is 3. The summed E-state index contributed by atoms with van der Waals surface area (Å²) in [5.74, 6) is -1.66. The molecule has 0 aliphatic carbocycles. The fourth-order valence-electron chi connectivity index (χ4n) is 3.75. The molecule has 1 saturated heterocycles. The van der Waals surface area contributed by atoms with Gasteiger partial charge in [-0.15, -0.1) is 0 Å². The van der Waals surface area contributed by atoms with Gasteiger partial charge in [0.05, 0.1) is 17.7 Å². The Morgan fingerprint density at radius 2 is 1.89 bits per heavy atom. The van der Waals surface area contributed by atoms with E-state index in [0.717, 1.165) is 25.3 Å². The molecule has 8 nitrogen and oxygen atoms in total. The largest absolute Gasteiger partial charge is 0.490 e. The van der Waals surface area contributed by atoms with Crippen LogP contribution in [0.4, 0.5) is 18.9 Å². The predicted octanol–water partition coefficient (Wildman–Crippen LogP) is 4.14. The Balaban J connectivity index is 1.59. The van der Waals surface area contributed by atoms with Crippen LogP contribution in [0.1, 0.15) is 55.3 Å². The summed E-state index contributed by atoms with van der Waals surface area (Å²) in [4.78, 5) is 24.5. The summed E-state index contributed by atoms with van der Waals surface area (Å²) in [6, 6.07) is 9.03. The Hall–Kier alpha value is -3.60. The molecule has 36 heavy (non-hydrogen) atoms. The molecule has 3 rings (SSSR count). The molecule has 194 valence electrons. The summed E-state index contributed by atoms with van der Waals surface area (Å²) in [5.41, 5.74) is 5.55. The first kappa shape index (κ1) is 27.0. The van der Waals surface area contributed by atoms with E-state index < -0.39 is 36.0 Å². The minimum Gasteiger partial charge on any atom is -0.490 e. The number of amides is 2. The first-order chi connectivity index (χ1) is 17.0. The third-order valence-electron chi connectivity index (χ3n) is 5.69. The van der Waals surface area contributed by atoms with Crippen LogP contribution in [-0.2, 0) is 20.5 Å². The van der Waals surface area contributed by atoms with Crippen molar-refractivity contribution in [3.05, 3.63) is 59.2 Å². The number of hydrogen-bond donors (Lipinski definition) is 4. The van der Waals surface area contributed by atoms with Crippen LogP contribution in [0.3, 0.4) is 0 Å². The van der Waals surface area contributed by atoms with Crippen LogP contribution in [0.25, 0.3) is 0 Å². The zero-order valence-electron chi connectivity index (χ0n) is 19.8. The Bertz CT molecular complexity index is 1080. The highest BCUT2D eigenvalue weighted by Crippen LogP contribution is 2.38. The molecule has 1 aliphatic rings. The smallest absolute Gasteiger partial charge is 0.419 e. The fourth-order valence-corrected chi connectivity index (χ4v) is 3.75. The second-order valence-electron chi connectivity index (χ2n) is 8.56. The van der Waals surface area contributed by atoms with Crippen molar-refractivity contribution in [2.75, 3.05) is 18.5 Å². The van der Waals surface area contributed by atoms with Crippen LogP contribution < -0.4 is 21.1 Å². The van der Waals surface area contributed by atoms with Crippen molar-refractivity contribution in [3.63, 3.8) is 0 Å². The molecule has 2 unspecified atom stereocenters. The highest BCUT2D eigenvalue weighted by atomic mass is 19.4. The topological polar surface area (TPSA) is 127 Å². The van der Waals surface area contributed by atoms with Gasteiger partial charge >= 0.3 is 6.18 Å². The Kier molecular flexibility index (Phi) is 8.92. The number of carbonyl (C=O) groups is 2. The minimum atomic E-state index is -4.65. The highest BCUT2D eigenvalue weighted by Gasteiger charge is 2.35. The highest BCUT2D eigenvalue weighted by molar-refractivity contribution is 6.04. The lowest BCUT2D eigenvalue weighted by Gasteiger charge is -2.24. The molecule has 0 bridgehead atoms. The number of hydrogen-bond acceptors (Lipinski definition) is 5. The molecule has 0 saturated carbocycles. The van der Waals surface area contributed by atoms with Gasteiger partial charge in [0.1, 0.15) is 24.6 Å². The Morgan fingerprint density at radius 3 is 2.50 bits per heavy atom. The molecule has 0 spiro atoms. The molecule has 5 N–H and O–H groups in total. The number of carbonyl (C=O) groups excluding carboxylic acids is 2. The number of benzene rings is 2. The Labute approximate surface area is 206 Å². The third-order valence-corrected chi connectivity index (χ3v) is 5.69. The minimum absolute atomic E-state index is 0.0291. The van der Waals surface area contributed by atoms with E-state index in [1.54, 1.807) is 12.1 Å². The number of nitrogens with one attached hydrogen (secondary N) is 3. The number of amidine groups is 1. The monoisotopic (exact) mass is 506 g/mol. The van der Waals surface area contributed by atoms with Gasteiger partial charge in [0.2, 0.25) is 11.8 Å². The van der Waals surface area contributed by atoms with Crippen LogP contribution >= 0.6 is 0 Å². The van der Waals surface area contributed by atoms with E-state index in [9.17, 15) is 22.8 Å². The maximum absolute atomic E-state index is 13.7. The van der Waals surface area contributed by atoms with Gasteiger partial charge in [-0.05, 0) is 68.1 Å².